The largest absolute Gasteiger partial charge is 0.449 e. The van der Waals surface area contributed by atoms with Gasteiger partial charge in [-0.3, -0.25) is 4.79 Å². The summed E-state index contributed by atoms with van der Waals surface area (Å²) >= 11 is 11.9. The van der Waals surface area contributed by atoms with Gasteiger partial charge in [-0.15, -0.1) is 0 Å². The number of esters is 1. The predicted octanol–water partition coefficient (Wildman–Crippen LogP) is 4.52. The van der Waals surface area contributed by atoms with E-state index in [1.165, 1.54) is 17.7 Å². The highest BCUT2D eigenvalue weighted by molar-refractivity contribution is 6.35. The number of hydrogen-bond donors (Lipinski definition) is 0. The summed E-state index contributed by atoms with van der Waals surface area (Å²) in [6, 6.07) is 13.0. The van der Waals surface area contributed by atoms with Gasteiger partial charge in [-0.1, -0.05) is 53.5 Å². The van der Waals surface area contributed by atoms with Crippen molar-refractivity contribution in [1.29, 1.82) is 0 Å². The molecule has 1 heterocycles. The van der Waals surface area contributed by atoms with Crippen LogP contribution in [0.25, 0.3) is 6.08 Å². The molecule has 1 atom stereocenters. The number of fused-ring (bicyclic) bond motifs is 1. The molecule has 1 aliphatic rings. The monoisotopic (exact) mass is 403 g/mol. The Labute approximate surface area is 168 Å². The van der Waals surface area contributed by atoms with Crippen molar-refractivity contribution in [3.8, 4) is 0 Å². The van der Waals surface area contributed by atoms with Crippen LogP contribution < -0.4 is 0 Å². The molecule has 0 saturated carbocycles. The number of rotatable bonds is 4. The number of carbonyl (C=O) groups is 2. The highest BCUT2D eigenvalue weighted by atomic mass is 35.5. The molecule has 2 aromatic carbocycles. The lowest BCUT2D eigenvalue weighted by Gasteiger charge is -2.30. The molecule has 0 bridgehead atoms. The van der Waals surface area contributed by atoms with E-state index in [1.807, 2.05) is 18.2 Å². The van der Waals surface area contributed by atoms with E-state index >= 15 is 0 Å². The van der Waals surface area contributed by atoms with Gasteiger partial charge in [-0.05, 0) is 48.2 Å². The second-order valence-electron chi connectivity index (χ2n) is 6.36. The van der Waals surface area contributed by atoms with Crippen LogP contribution in [0.4, 0.5) is 0 Å². The SMILES string of the molecule is C[C@@H](OC(=O)/C=C/c1ccc(Cl)cc1Cl)C(=O)N1CCc2ccccc2C1. The van der Waals surface area contributed by atoms with Crippen LogP contribution in [0.2, 0.25) is 10.0 Å². The lowest BCUT2D eigenvalue weighted by Crippen LogP contribution is -2.42. The zero-order valence-electron chi connectivity index (χ0n) is 14.8. The topological polar surface area (TPSA) is 46.6 Å². The molecule has 6 heteroatoms. The van der Waals surface area contributed by atoms with Gasteiger partial charge < -0.3 is 9.64 Å². The van der Waals surface area contributed by atoms with Gasteiger partial charge in [0.25, 0.3) is 5.91 Å². The number of carbonyl (C=O) groups excluding carboxylic acids is 2. The number of ether oxygens (including phenoxy) is 1. The van der Waals surface area contributed by atoms with Crippen molar-refractivity contribution in [2.24, 2.45) is 0 Å². The Balaban J connectivity index is 1.58. The minimum atomic E-state index is -0.854. The fraction of sp³-hybridized carbons (Fsp3) is 0.238. The number of halogens is 2. The van der Waals surface area contributed by atoms with Crippen molar-refractivity contribution >= 4 is 41.2 Å². The molecule has 1 aliphatic heterocycles. The minimum absolute atomic E-state index is 0.198. The quantitative estimate of drug-likeness (QED) is 0.556. The van der Waals surface area contributed by atoms with E-state index in [-0.39, 0.29) is 5.91 Å². The molecule has 4 nitrogen and oxygen atoms in total. The molecule has 0 radical (unpaired) electrons. The molecule has 0 N–H and O–H groups in total. The maximum Gasteiger partial charge on any atom is 0.331 e. The Morgan fingerprint density at radius 1 is 1.15 bits per heavy atom. The molecule has 3 rings (SSSR count). The lowest BCUT2D eigenvalue weighted by molar-refractivity contribution is -0.155. The fourth-order valence-corrected chi connectivity index (χ4v) is 3.47. The predicted molar refractivity (Wildman–Crippen MR) is 107 cm³/mol. The maximum absolute atomic E-state index is 12.6. The average Bonchev–Trinajstić information content (AvgIpc) is 2.66. The summed E-state index contributed by atoms with van der Waals surface area (Å²) < 4.78 is 5.25. The van der Waals surface area contributed by atoms with Gasteiger partial charge in [0, 0.05) is 29.2 Å². The summed E-state index contributed by atoms with van der Waals surface area (Å²) in [5.41, 5.74) is 3.03. The Hall–Kier alpha value is -2.30. The van der Waals surface area contributed by atoms with E-state index in [9.17, 15) is 9.59 Å². The van der Waals surface area contributed by atoms with Gasteiger partial charge >= 0.3 is 5.97 Å². The first kappa shape index (κ1) is 19.5. The first-order valence-corrected chi connectivity index (χ1v) is 9.39. The summed E-state index contributed by atoms with van der Waals surface area (Å²) in [7, 11) is 0. The Kier molecular flexibility index (Phi) is 6.19. The molecule has 0 fully saturated rings. The lowest BCUT2D eigenvalue weighted by atomic mass is 9.99. The second kappa shape index (κ2) is 8.59. The van der Waals surface area contributed by atoms with Gasteiger partial charge in [0.1, 0.15) is 0 Å². The highest BCUT2D eigenvalue weighted by Crippen LogP contribution is 2.22. The maximum atomic E-state index is 12.6. The smallest absolute Gasteiger partial charge is 0.331 e. The average molecular weight is 404 g/mol. The molecular formula is C21H19Cl2NO3. The first-order chi connectivity index (χ1) is 12.9. The van der Waals surface area contributed by atoms with E-state index in [0.717, 1.165) is 12.0 Å². The minimum Gasteiger partial charge on any atom is -0.449 e. The first-order valence-electron chi connectivity index (χ1n) is 8.63. The van der Waals surface area contributed by atoms with Gasteiger partial charge in [0.2, 0.25) is 0 Å². The van der Waals surface area contributed by atoms with Crippen LogP contribution >= 0.6 is 23.2 Å². The van der Waals surface area contributed by atoms with Gasteiger partial charge in [-0.25, -0.2) is 4.79 Å². The molecule has 0 aliphatic carbocycles. The molecule has 1 amide bonds. The zero-order valence-corrected chi connectivity index (χ0v) is 16.3. The molecule has 140 valence electrons. The summed E-state index contributed by atoms with van der Waals surface area (Å²) in [5, 5.41) is 0.949. The van der Waals surface area contributed by atoms with Crippen LogP contribution in [-0.4, -0.2) is 29.4 Å². The summed E-state index contributed by atoms with van der Waals surface area (Å²) in [4.78, 5) is 26.4. The highest BCUT2D eigenvalue weighted by Gasteiger charge is 2.26. The third-order valence-electron chi connectivity index (χ3n) is 4.44. The van der Waals surface area contributed by atoms with Crippen molar-refractivity contribution in [3.63, 3.8) is 0 Å². The standard InChI is InChI=1S/C21H19Cl2NO3/c1-14(21(26)24-11-10-15-4-2-3-5-17(15)13-24)27-20(25)9-7-16-6-8-18(22)12-19(16)23/h2-9,12,14H,10-11,13H2,1H3/b9-7+/t14-/m1/s1. The Morgan fingerprint density at radius 2 is 1.89 bits per heavy atom. The van der Waals surface area contributed by atoms with Crippen molar-refractivity contribution in [2.45, 2.75) is 26.0 Å². The van der Waals surface area contributed by atoms with Crippen LogP contribution in [0.5, 0.6) is 0 Å². The summed E-state index contributed by atoms with van der Waals surface area (Å²) in [6.45, 7) is 2.74. The summed E-state index contributed by atoms with van der Waals surface area (Å²) in [5.74, 6) is -0.796. The van der Waals surface area contributed by atoms with Crippen LogP contribution in [0, 0.1) is 0 Å². The molecule has 0 unspecified atom stereocenters. The van der Waals surface area contributed by atoms with Crippen LogP contribution in [-0.2, 0) is 27.3 Å². The molecule has 27 heavy (non-hydrogen) atoms. The third kappa shape index (κ3) is 4.90. The van der Waals surface area contributed by atoms with Crippen molar-refractivity contribution < 1.29 is 14.3 Å². The molecular weight excluding hydrogens is 385 g/mol. The Morgan fingerprint density at radius 3 is 2.63 bits per heavy atom. The molecule has 0 aromatic heterocycles. The van der Waals surface area contributed by atoms with E-state index in [4.69, 9.17) is 27.9 Å². The fourth-order valence-electron chi connectivity index (χ4n) is 3.00. The molecule has 0 saturated heterocycles. The van der Waals surface area contributed by atoms with Crippen molar-refractivity contribution in [1.82, 2.24) is 4.90 Å². The van der Waals surface area contributed by atoms with Crippen LogP contribution in [0.3, 0.4) is 0 Å². The van der Waals surface area contributed by atoms with Gasteiger partial charge in [0.05, 0.1) is 0 Å². The van der Waals surface area contributed by atoms with E-state index in [2.05, 4.69) is 6.07 Å². The van der Waals surface area contributed by atoms with Crippen LogP contribution in [0.1, 0.15) is 23.6 Å². The number of amides is 1. The number of nitrogens with zero attached hydrogens (tertiary/aromatic N) is 1. The normalized spacial score (nSPS) is 14.7. The van der Waals surface area contributed by atoms with Crippen LogP contribution in [0.15, 0.2) is 48.5 Å². The van der Waals surface area contributed by atoms with E-state index < -0.39 is 12.1 Å². The summed E-state index contributed by atoms with van der Waals surface area (Å²) in [6.07, 6.45) is 2.74. The number of benzene rings is 2. The molecule has 0 spiro atoms. The molecule has 2 aromatic rings. The number of hydrogen-bond acceptors (Lipinski definition) is 3. The van der Waals surface area contributed by atoms with Gasteiger partial charge in [0.15, 0.2) is 6.10 Å². The van der Waals surface area contributed by atoms with Crippen molar-refractivity contribution in [2.75, 3.05) is 6.54 Å². The third-order valence-corrected chi connectivity index (χ3v) is 5.01. The van der Waals surface area contributed by atoms with E-state index in [0.29, 0.717) is 28.7 Å². The van der Waals surface area contributed by atoms with E-state index in [1.54, 1.807) is 30.0 Å². The second-order valence-corrected chi connectivity index (χ2v) is 7.20. The van der Waals surface area contributed by atoms with Crippen molar-refractivity contribution in [3.05, 3.63) is 75.3 Å². The Bertz CT molecular complexity index is 895. The van der Waals surface area contributed by atoms with Gasteiger partial charge in [-0.2, -0.15) is 0 Å². The zero-order chi connectivity index (χ0) is 19.4.